The summed E-state index contributed by atoms with van der Waals surface area (Å²) in [7, 11) is -9.91. The van der Waals surface area contributed by atoms with Crippen molar-refractivity contribution in [3.8, 4) is 0 Å². The molecule has 3 N–H and O–H groups in total. The van der Waals surface area contributed by atoms with Crippen LogP contribution in [0.15, 0.2) is 0 Å². The number of aliphatic hydroxyl groups is 1. The Labute approximate surface area is 562 Å². The highest BCUT2D eigenvalue weighted by molar-refractivity contribution is 7.47. The Hall–Kier alpha value is -1.94. The summed E-state index contributed by atoms with van der Waals surface area (Å²) in [5.41, 5.74) is 0. The molecule has 0 amide bonds. The van der Waals surface area contributed by atoms with Gasteiger partial charge in [0.2, 0.25) is 0 Å². The first-order valence-electron chi connectivity index (χ1n) is 37.7. The Kier molecular flexibility index (Phi) is 61.3. The van der Waals surface area contributed by atoms with E-state index in [-0.39, 0.29) is 25.7 Å². The van der Waals surface area contributed by atoms with Gasteiger partial charge >= 0.3 is 39.5 Å². The molecule has 0 heterocycles. The molecule has 92 heavy (non-hydrogen) atoms. The number of carbonyl (C=O) groups excluding carboxylic acids is 4. The first-order valence-corrected chi connectivity index (χ1v) is 40.7. The van der Waals surface area contributed by atoms with Crippen LogP contribution >= 0.6 is 15.6 Å². The highest BCUT2D eigenvalue weighted by Crippen LogP contribution is 2.45. The van der Waals surface area contributed by atoms with Crippen molar-refractivity contribution in [1.29, 1.82) is 0 Å². The molecule has 0 saturated heterocycles. The summed E-state index contributed by atoms with van der Waals surface area (Å²) >= 11 is 0. The van der Waals surface area contributed by atoms with E-state index in [1.165, 1.54) is 167 Å². The Balaban J connectivity index is 5.24. The predicted octanol–water partition coefficient (Wildman–Crippen LogP) is 20.9. The molecule has 19 heteroatoms. The largest absolute Gasteiger partial charge is 0.472 e. The quantitative estimate of drug-likeness (QED) is 0.0222. The molecule has 17 nitrogen and oxygen atoms in total. The van der Waals surface area contributed by atoms with Crippen molar-refractivity contribution in [3.63, 3.8) is 0 Å². The zero-order valence-electron chi connectivity index (χ0n) is 60.2. The van der Waals surface area contributed by atoms with Gasteiger partial charge in [-0.2, -0.15) is 0 Å². The summed E-state index contributed by atoms with van der Waals surface area (Å²) in [6.07, 6.45) is 45.8. The van der Waals surface area contributed by atoms with Crippen LogP contribution in [0.2, 0.25) is 0 Å². The molecule has 0 bridgehead atoms. The van der Waals surface area contributed by atoms with Crippen LogP contribution in [0.25, 0.3) is 0 Å². The third kappa shape index (κ3) is 65.4. The van der Waals surface area contributed by atoms with E-state index in [0.29, 0.717) is 25.7 Å². The molecule has 0 radical (unpaired) electrons. The first-order chi connectivity index (χ1) is 44.1. The van der Waals surface area contributed by atoms with Crippen molar-refractivity contribution in [1.82, 2.24) is 0 Å². The highest BCUT2D eigenvalue weighted by atomic mass is 31.2. The molecule has 546 valence electrons. The SMILES string of the molecule is CCC(C)CCCCCCCCCCCCCCCCC(=O)O[C@H](COC(=O)CCCCCCCCCCCC(C)C)COP(=O)(O)OCC(O)COP(=O)(O)OC[C@@H](COC(=O)CCCCCCCCCCC(C)C)OC(=O)CCCCCCCCCCC(C)C. The lowest BCUT2D eigenvalue weighted by Gasteiger charge is -2.21. The Bertz CT molecular complexity index is 1820. The third-order valence-electron chi connectivity index (χ3n) is 17.2. The molecule has 0 spiro atoms. The van der Waals surface area contributed by atoms with Crippen LogP contribution in [0.3, 0.4) is 0 Å². The van der Waals surface area contributed by atoms with E-state index < -0.39 is 97.5 Å². The number of hydrogen-bond acceptors (Lipinski definition) is 15. The van der Waals surface area contributed by atoms with Crippen LogP contribution in [0.4, 0.5) is 0 Å². The second kappa shape index (κ2) is 62.6. The van der Waals surface area contributed by atoms with E-state index in [9.17, 15) is 43.2 Å². The molecular weight excluding hydrogens is 1210 g/mol. The monoisotopic (exact) mass is 1350 g/mol. The smallest absolute Gasteiger partial charge is 0.462 e. The average molecular weight is 1350 g/mol. The number of aliphatic hydroxyl groups excluding tert-OH is 1. The van der Waals surface area contributed by atoms with Gasteiger partial charge in [0.25, 0.3) is 0 Å². The molecular formula is C73H142O17P2. The minimum Gasteiger partial charge on any atom is -0.462 e. The fraction of sp³-hybridized carbons (Fsp3) is 0.945. The zero-order valence-corrected chi connectivity index (χ0v) is 62.0. The van der Waals surface area contributed by atoms with Gasteiger partial charge in [-0.3, -0.25) is 37.3 Å². The van der Waals surface area contributed by atoms with Crippen LogP contribution in [0.5, 0.6) is 0 Å². The zero-order chi connectivity index (χ0) is 68.2. The van der Waals surface area contributed by atoms with Crippen molar-refractivity contribution in [2.24, 2.45) is 23.7 Å². The van der Waals surface area contributed by atoms with Crippen molar-refractivity contribution in [2.75, 3.05) is 39.6 Å². The lowest BCUT2D eigenvalue weighted by molar-refractivity contribution is -0.161. The number of carbonyl (C=O) groups is 4. The van der Waals surface area contributed by atoms with Crippen LogP contribution in [-0.4, -0.2) is 96.7 Å². The fourth-order valence-corrected chi connectivity index (χ4v) is 12.6. The average Bonchev–Trinajstić information content (AvgIpc) is 3.72. The second-order valence-electron chi connectivity index (χ2n) is 28.0. The van der Waals surface area contributed by atoms with Crippen molar-refractivity contribution < 1.29 is 80.2 Å². The summed E-state index contributed by atoms with van der Waals surface area (Å²) in [4.78, 5) is 72.7. The van der Waals surface area contributed by atoms with Gasteiger partial charge in [0.05, 0.1) is 26.4 Å². The minimum absolute atomic E-state index is 0.103. The lowest BCUT2D eigenvalue weighted by Crippen LogP contribution is -2.30. The summed E-state index contributed by atoms with van der Waals surface area (Å²) in [6, 6.07) is 0. The second-order valence-corrected chi connectivity index (χ2v) is 30.9. The maximum absolute atomic E-state index is 13.1. The van der Waals surface area contributed by atoms with Crippen LogP contribution in [0, 0.1) is 23.7 Å². The van der Waals surface area contributed by atoms with Crippen molar-refractivity contribution in [2.45, 2.75) is 382 Å². The molecule has 0 aliphatic heterocycles. The molecule has 0 aliphatic rings. The van der Waals surface area contributed by atoms with Gasteiger partial charge in [-0.25, -0.2) is 9.13 Å². The molecule has 0 rings (SSSR count). The molecule has 0 fully saturated rings. The van der Waals surface area contributed by atoms with Crippen LogP contribution in [0.1, 0.15) is 364 Å². The number of ether oxygens (including phenoxy) is 4. The van der Waals surface area contributed by atoms with Gasteiger partial charge in [-0.05, 0) is 49.4 Å². The van der Waals surface area contributed by atoms with E-state index in [1.54, 1.807) is 0 Å². The summed E-state index contributed by atoms with van der Waals surface area (Å²) in [5, 5.41) is 10.6. The van der Waals surface area contributed by atoms with Gasteiger partial charge in [0.1, 0.15) is 19.3 Å². The minimum atomic E-state index is -4.96. The predicted molar refractivity (Wildman–Crippen MR) is 372 cm³/mol. The third-order valence-corrected chi connectivity index (χ3v) is 19.1. The van der Waals surface area contributed by atoms with Gasteiger partial charge < -0.3 is 33.8 Å². The Morgan fingerprint density at radius 3 is 0.772 bits per heavy atom. The van der Waals surface area contributed by atoms with Gasteiger partial charge in [-0.15, -0.1) is 0 Å². The number of hydrogen-bond donors (Lipinski definition) is 3. The maximum Gasteiger partial charge on any atom is 0.472 e. The fourth-order valence-electron chi connectivity index (χ4n) is 11.0. The van der Waals surface area contributed by atoms with E-state index in [2.05, 4.69) is 55.4 Å². The summed E-state index contributed by atoms with van der Waals surface area (Å²) < 4.78 is 68.4. The molecule has 0 aromatic carbocycles. The van der Waals surface area contributed by atoms with E-state index >= 15 is 0 Å². The van der Waals surface area contributed by atoms with E-state index in [4.69, 9.17) is 37.0 Å². The van der Waals surface area contributed by atoms with Gasteiger partial charge in [-0.1, -0.05) is 312 Å². The molecule has 6 atom stereocenters. The topological polar surface area (TPSA) is 237 Å². The summed E-state index contributed by atoms with van der Waals surface area (Å²) in [5.74, 6) is 0.907. The van der Waals surface area contributed by atoms with Crippen LogP contribution < -0.4 is 0 Å². The van der Waals surface area contributed by atoms with Gasteiger partial charge in [0.15, 0.2) is 12.2 Å². The highest BCUT2D eigenvalue weighted by Gasteiger charge is 2.30. The standard InChI is InChI=1S/C73H142O17P2/c1-9-66(8)52-44-36-28-18-14-12-10-11-13-15-19-31-39-47-55-72(77)89-68(59-83-70(75)53-45-37-29-20-16-17-25-33-41-49-63(2)3)61-87-91(79,80)85-57-67(74)58-86-92(81,82)88-62-69(90-73(78)56-48-40-32-24-22-27-35-43-51-65(6)7)60-84-71(76)54-46-38-30-23-21-26-34-42-50-64(4)5/h63-69,74H,9-62H2,1-8H3,(H,79,80)(H,81,82)/t66?,67?,68-,69-/m1/s1. The van der Waals surface area contributed by atoms with Crippen LogP contribution in [-0.2, 0) is 65.4 Å². The molecule has 0 saturated carbocycles. The molecule has 0 aliphatic carbocycles. The van der Waals surface area contributed by atoms with Crippen molar-refractivity contribution >= 4 is 39.5 Å². The number of phosphoric acid groups is 2. The normalized spacial score (nSPS) is 14.5. The lowest BCUT2D eigenvalue weighted by atomic mass is 9.99. The maximum atomic E-state index is 13.1. The molecule has 0 aromatic heterocycles. The van der Waals surface area contributed by atoms with Crippen molar-refractivity contribution in [3.05, 3.63) is 0 Å². The van der Waals surface area contributed by atoms with E-state index in [1.807, 2.05) is 0 Å². The Morgan fingerprint density at radius 2 is 0.522 bits per heavy atom. The molecule has 4 unspecified atom stereocenters. The Morgan fingerprint density at radius 1 is 0.304 bits per heavy atom. The number of unbranched alkanes of at least 4 members (excludes halogenated alkanes) is 35. The summed E-state index contributed by atoms with van der Waals surface area (Å²) in [6.45, 7) is 14.1. The molecule has 0 aromatic rings. The van der Waals surface area contributed by atoms with Gasteiger partial charge in [0, 0.05) is 25.7 Å². The number of phosphoric ester groups is 2. The first kappa shape index (κ1) is 90.1. The van der Waals surface area contributed by atoms with E-state index in [0.717, 1.165) is 114 Å². The number of rotatable bonds is 70. The number of esters is 4.